The number of hydrogen-bond donors (Lipinski definition) is 2. The number of ether oxygens (including phenoxy) is 1. The van der Waals surface area contributed by atoms with Crippen LogP contribution in [0.2, 0.25) is 0 Å². The Labute approximate surface area is 194 Å². The second-order valence-corrected chi connectivity index (χ2v) is 8.66. The van der Waals surface area contributed by atoms with Gasteiger partial charge in [0.15, 0.2) is 11.8 Å². The van der Waals surface area contributed by atoms with Crippen LogP contribution in [-0.4, -0.2) is 41.0 Å². The van der Waals surface area contributed by atoms with Crippen molar-refractivity contribution in [3.63, 3.8) is 0 Å². The lowest BCUT2D eigenvalue weighted by atomic mass is 9.83. The summed E-state index contributed by atoms with van der Waals surface area (Å²) in [4.78, 5) is 6.08. The Kier molecular flexibility index (Phi) is 9.84. The van der Waals surface area contributed by atoms with Gasteiger partial charge in [-0.25, -0.2) is 4.99 Å². The molecule has 1 aliphatic carbocycles. The summed E-state index contributed by atoms with van der Waals surface area (Å²) in [6.45, 7) is 4.96. The molecule has 2 aromatic rings. The van der Waals surface area contributed by atoms with Crippen LogP contribution in [-0.2, 0) is 24.9 Å². The van der Waals surface area contributed by atoms with E-state index < -0.39 is 0 Å². The van der Waals surface area contributed by atoms with Crippen LogP contribution in [0.15, 0.2) is 22.5 Å². The highest BCUT2D eigenvalue weighted by molar-refractivity contribution is 14.0. The molecule has 2 N–H and O–H groups in total. The van der Waals surface area contributed by atoms with Crippen LogP contribution in [0.1, 0.15) is 48.6 Å². The quantitative estimate of drug-likeness (QED) is 0.293. The van der Waals surface area contributed by atoms with Crippen LogP contribution >= 0.6 is 35.3 Å². The van der Waals surface area contributed by atoms with Crippen molar-refractivity contribution in [2.24, 2.45) is 17.5 Å². The van der Waals surface area contributed by atoms with E-state index in [9.17, 15) is 0 Å². The molecule has 2 heterocycles. The molecule has 2 aromatic heterocycles. The first kappa shape index (κ1) is 24.1. The van der Waals surface area contributed by atoms with Crippen molar-refractivity contribution in [1.29, 1.82) is 0 Å². The van der Waals surface area contributed by atoms with Crippen LogP contribution in [0.3, 0.4) is 0 Å². The number of aromatic nitrogens is 3. The lowest BCUT2D eigenvalue weighted by molar-refractivity contribution is 0.138. The van der Waals surface area contributed by atoms with E-state index in [1.54, 1.807) is 18.4 Å². The number of methoxy groups -OCH3 is 1. The van der Waals surface area contributed by atoms with E-state index in [0.29, 0.717) is 12.0 Å². The highest BCUT2D eigenvalue weighted by atomic mass is 127. The van der Waals surface area contributed by atoms with Gasteiger partial charge in [0.05, 0.1) is 6.54 Å². The van der Waals surface area contributed by atoms with Crippen LogP contribution in [0.25, 0.3) is 0 Å². The first-order valence-electron chi connectivity index (χ1n) is 10.0. The number of hydrogen-bond acceptors (Lipinski definition) is 5. The van der Waals surface area contributed by atoms with Gasteiger partial charge in [-0.05, 0) is 43.0 Å². The third-order valence-corrected chi connectivity index (χ3v) is 6.58. The minimum absolute atomic E-state index is 0. The van der Waals surface area contributed by atoms with Crippen molar-refractivity contribution in [3.05, 3.63) is 34.0 Å². The summed E-state index contributed by atoms with van der Waals surface area (Å²) in [6, 6.07) is 4.21. The van der Waals surface area contributed by atoms with E-state index in [4.69, 9.17) is 9.73 Å². The number of nitrogens with one attached hydrogen (secondary N) is 2. The molecule has 0 unspecified atom stereocenters. The zero-order chi connectivity index (χ0) is 19.8. The SMILES string of the molecule is COCCC1(CNC(=NCc2nnc(C)n2C)NCc2cccs2)CCCC1.I. The Hall–Kier alpha value is -1.20. The zero-order valence-electron chi connectivity index (χ0n) is 17.6. The second kappa shape index (κ2) is 11.8. The molecule has 9 heteroatoms. The normalized spacial score (nSPS) is 15.9. The maximum atomic E-state index is 5.36. The van der Waals surface area contributed by atoms with Gasteiger partial charge < -0.3 is 19.9 Å². The molecule has 1 fully saturated rings. The summed E-state index contributed by atoms with van der Waals surface area (Å²) in [7, 11) is 3.76. The number of aliphatic imine (C=N–C) groups is 1. The molecule has 0 atom stereocenters. The molecule has 162 valence electrons. The number of rotatable bonds is 9. The fraction of sp³-hybridized carbons (Fsp3) is 0.650. The Morgan fingerprint density at radius 3 is 2.72 bits per heavy atom. The summed E-state index contributed by atoms with van der Waals surface area (Å²) < 4.78 is 7.35. The summed E-state index contributed by atoms with van der Waals surface area (Å²) in [5.74, 6) is 2.60. The maximum absolute atomic E-state index is 5.36. The molecule has 29 heavy (non-hydrogen) atoms. The van der Waals surface area contributed by atoms with Gasteiger partial charge in [0.2, 0.25) is 0 Å². The Bertz CT molecular complexity index is 755. The zero-order valence-corrected chi connectivity index (χ0v) is 20.8. The van der Waals surface area contributed by atoms with Gasteiger partial charge in [-0.1, -0.05) is 18.9 Å². The Morgan fingerprint density at radius 1 is 1.31 bits per heavy atom. The van der Waals surface area contributed by atoms with Gasteiger partial charge >= 0.3 is 0 Å². The average molecular weight is 532 g/mol. The van der Waals surface area contributed by atoms with Crippen molar-refractivity contribution < 1.29 is 4.74 Å². The molecule has 0 spiro atoms. The number of nitrogens with zero attached hydrogens (tertiary/aromatic N) is 4. The molecule has 0 aliphatic heterocycles. The lowest BCUT2D eigenvalue weighted by Crippen LogP contribution is -2.43. The number of guanidine groups is 1. The smallest absolute Gasteiger partial charge is 0.192 e. The van der Waals surface area contributed by atoms with Crippen LogP contribution in [0.4, 0.5) is 0 Å². The van der Waals surface area contributed by atoms with Crippen molar-refractivity contribution in [3.8, 4) is 0 Å². The topological polar surface area (TPSA) is 76.4 Å². The molecule has 0 amide bonds. The molecule has 1 aliphatic rings. The van der Waals surface area contributed by atoms with E-state index in [2.05, 4.69) is 38.3 Å². The monoisotopic (exact) mass is 532 g/mol. The summed E-state index contributed by atoms with van der Waals surface area (Å²) >= 11 is 1.75. The summed E-state index contributed by atoms with van der Waals surface area (Å²) in [5, 5.41) is 17.5. The molecule has 3 rings (SSSR count). The third kappa shape index (κ3) is 6.92. The predicted octanol–water partition coefficient (Wildman–Crippen LogP) is 3.64. The minimum Gasteiger partial charge on any atom is -0.385 e. The van der Waals surface area contributed by atoms with E-state index in [0.717, 1.165) is 43.7 Å². The first-order valence-corrected chi connectivity index (χ1v) is 10.9. The molecule has 7 nitrogen and oxygen atoms in total. The molecular weight excluding hydrogens is 499 g/mol. The predicted molar refractivity (Wildman–Crippen MR) is 129 cm³/mol. The molecule has 0 bridgehead atoms. The number of thiophene rings is 1. The van der Waals surface area contributed by atoms with Crippen LogP contribution < -0.4 is 10.6 Å². The standard InChI is InChI=1S/C20H32N6OS.HI/c1-16-24-25-18(26(16)2)14-22-19(21-13-17-7-6-12-28-17)23-15-20(10-11-27-3)8-4-5-9-20;/h6-7,12H,4-5,8-11,13-15H2,1-3H3,(H2,21,22,23);1H. The van der Waals surface area contributed by atoms with Crippen LogP contribution in [0.5, 0.6) is 0 Å². The fourth-order valence-electron chi connectivity index (χ4n) is 3.73. The van der Waals surface area contributed by atoms with Crippen molar-refractivity contribution in [2.45, 2.75) is 52.1 Å². The largest absolute Gasteiger partial charge is 0.385 e. The third-order valence-electron chi connectivity index (χ3n) is 5.70. The van der Waals surface area contributed by atoms with E-state index in [1.165, 1.54) is 30.6 Å². The summed E-state index contributed by atoms with van der Waals surface area (Å²) in [6.07, 6.45) is 6.21. The fourth-order valence-corrected chi connectivity index (χ4v) is 4.37. The minimum atomic E-state index is 0. The second-order valence-electron chi connectivity index (χ2n) is 7.62. The molecule has 0 radical (unpaired) electrons. The van der Waals surface area contributed by atoms with E-state index in [-0.39, 0.29) is 24.0 Å². The average Bonchev–Trinajstić information content (AvgIpc) is 3.44. The first-order chi connectivity index (χ1) is 13.6. The highest BCUT2D eigenvalue weighted by Gasteiger charge is 2.33. The number of halogens is 1. The van der Waals surface area contributed by atoms with Gasteiger partial charge in [-0.15, -0.1) is 45.5 Å². The Morgan fingerprint density at radius 2 is 2.10 bits per heavy atom. The molecule has 0 aromatic carbocycles. The van der Waals surface area contributed by atoms with E-state index >= 15 is 0 Å². The van der Waals surface area contributed by atoms with Crippen molar-refractivity contribution in [1.82, 2.24) is 25.4 Å². The van der Waals surface area contributed by atoms with Crippen LogP contribution in [0, 0.1) is 12.3 Å². The molecular formula is C20H33IN6OS. The van der Waals surface area contributed by atoms with Gasteiger partial charge in [-0.3, -0.25) is 0 Å². The molecule has 0 saturated heterocycles. The van der Waals surface area contributed by atoms with Gasteiger partial charge in [0.1, 0.15) is 12.4 Å². The van der Waals surface area contributed by atoms with Crippen molar-refractivity contribution >= 4 is 41.3 Å². The molecule has 1 saturated carbocycles. The number of aryl methyl sites for hydroxylation is 1. The Balaban J connectivity index is 0.00000300. The highest BCUT2D eigenvalue weighted by Crippen LogP contribution is 2.40. The van der Waals surface area contributed by atoms with Gasteiger partial charge in [0.25, 0.3) is 0 Å². The van der Waals surface area contributed by atoms with Gasteiger partial charge in [-0.2, -0.15) is 0 Å². The maximum Gasteiger partial charge on any atom is 0.192 e. The van der Waals surface area contributed by atoms with Crippen molar-refractivity contribution in [2.75, 3.05) is 20.3 Å². The lowest BCUT2D eigenvalue weighted by Gasteiger charge is -2.30. The van der Waals surface area contributed by atoms with Gasteiger partial charge in [0, 0.05) is 32.2 Å². The van der Waals surface area contributed by atoms with E-state index in [1.807, 2.05) is 18.5 Å². The summed E-state index contributed by atoms with van der Waals surface area (Å²) in [5.41, 5.74) is 0.308.